The molecule has 7 heteroatoms. The highest BCUT2D eigenvalue weighted by Crippen LogP contribution is 2.25. The van der Waals surface area contributed by atoms with Gasteiger partial charge in [0, 0.05) is 11.8 Å². The number of rotatable bonds is 6. The number of benzene rings is 1. The number of amides is 1. The van der Waals surface area contributed by atoms with E-state index in [9.17, 15) is 9.18 Å². The van der Waals surface area contributed by atoms with Gasteiger partial charge in [0.2, 0.25) is 0 Å². The monoisotopic (exact) mass is 357 g/mol. The Balaban J connectivity index is 1.70. The summed E-state index contributed by atoms with van der Waals surface area (Å²) in [6.07, 6.45) is 0. The second-order valence-corrected chi connectivity index (χ2v) is 6.26. The van der Waals surface area contributed by atoms with Crippen LogP contribution in [0.2, 0.25) is 0 Å². The van der Waals surface area contributed by atoms with Crippen molar-refractivity contribution in [1.29, 1.82) is 0 Å². The molecule has 0 unspecified atom stereocenters. The number of aromatic nitrogens is 2. The number of hydrogen-bond acceptors (Lipinski definition) is 5. The fourth-order valence-corrected chi connectivity index (χ4v) is 2.57. The van der Waals surface area contributed by atoms with Crippen LogP contribution in [0, 0.1) is 12.7 Å². The molecule has 0 radical (unpaired) electrons. The minimum absolute atomic E-state index is 0.146. The number of ether oxygens (including phenoxy) is 1. The quantitative estimate of drug-likeness (QED) is 0.682. The Kier molecular flexibility index (Phi) is 5.16. The van der Waals surface area contributed by atoms with Gasteiger partial charge in [-0.3, -0.25) is 4.79 Å². The summed E-state index contributed by atoms with van der Waals surface area (Å²) in [4.78, 5) is 17.0. The topological polar surface area (TPSA) is 77.2 Å². The predicted molar refractivity (Wildman–Crippen MR) is 94.9 cm³/mol. The SMILES string of the molecule is Cc1noc2nc(C(C)C)cc(C(=O)NCCOc3cccc(F)c3)c12. The van der Waals surface area contributed by atoms with E-state index >= 15 is 0 Å². The molecule has 0 fully saturated rings. The van der Waals surface area contributed by atoms with Crippen molar-refractivity contribution in [3.05, 3.63) is 53.1 Å². The number of aryl methyl sites for hydroxylation is 1. The van der Waals surface area contributed by atoms with Crippen molar-refractivity contribution in [1.82, 2.24) is 15.5 Å². The lowest BCUT2D eigenvalue weighted by molar-refractivity contribution is 0.0948. The molecule has 1 aromatic carbocycles. The fraction of sp³-hybridized carbons (Fsp3) is 0.316. The summed E-state index contributed by atoms with van der Waals surface area (Å²) in [6.45, 7) is 6.26. The van der Waals surface area contributed by atoms with E-state index in [1.54, 1.807) is 25.1 Å². The maximum absolute atomic E-state index is 13.1. The highest BCUT2D eigenvalue weighted by molar-refractivity contribution is 6.06. The molecule has 0 aliphatic carbocycles. The molecule has 1 N–H and O–H groups in total. The fourth-order valence-electron chi connectivity index (χ4n) is 2.57. The summed E-state index contributed by atoms with van der Waals surface area (Å²) in [5.74, 6) is -0.0570. The van der Waals surface area contributed by atoms with E-state index in [1.165, 1.54) is 12.1 Å². The van der Waals surface area contributed by atoms with E-state index in [1.807, 2.05) is 13.8 Å². The van der Waals surface area contributed by atoms with Crippen LogP contribution in [0.1, 0.15) is 41.5 Å². The Hall–Kier alpha value is -2.96. The normalized spacial score (nSPS) is 11.1. The smallest absolute Gasteiger partial charge is 0.259 e. The molecule has 0 bridgehead atoms. The van der Waals surface area contributed by atoms with Crippen molar-refractivity contribution in [3.8, 4) is 5.75 Å². The Morgan fingerprint density at radius 1 is 1.35 bits per heavy atom. The Labute approximate surface area is 150 Å². The zero-order chi connectivity index (χ0) is 18.7. The van der Waals surface area contributed by atoms with Crippen LogP contribution < -0.4 is 10.1 Å². The molecule has 136 valence electrons. The lowest BCUT2D eigenvalue weighted by Gasteiger charge is -2.10. The molecule has 26 heavy (non-hydrogen) atoms. The zero-order valence-electron chi connectivity index (χ0n) is 14.9. The molecule has 3 rings (SSSR count). The summed E-state index contributed by atoms with van der Waals surface area (Å²) in [5, 5.41) is 7.32. The third-order valence-corrected chi connectivity index (χ3v) is 3.93. The average Bonchev–Trinajstić information content (AvgIpc) is 2.99. The molecule has 3 aromatic rings. The number of fused-ring (bicyclic) bond motifs is 1. The van der Waals surface area contributed by atoms with Gasteiger partial charge in [-0.1, -0.05) is 25.1 Å². The lowest BCUT2D eigenvalue weighted by Crippen LogP contribution is -2.28. The molecule has 2 aromatic heterocycles. The largest absolute Gasteiger partial charge is 0.492 e. The number of halogens is 1. The Morgan fingerprint density at radius 3 is 2.88 bits per heavy atom. The number of pyridine rings is 1. The molecule has 1 amide bonds. The van der Waals surface area contributed by atoms with E-state index < -0.39 is 0 Å². The summed E-state index contributed by atoms with van der Waals surface area (Å²) >= 11 is 0. The van der Waals surface area contributed by atoms with Crippen molar-refractivity contribution in [2.24, 2.45) is 0 Å². The second kappa shape index (κ2) is 7.51. The van der Waals surface area contributed by atoms with Crippen LogP contribution in [0.15, 0.2) is 34.9 Å². The number of carbonyl (C=O) groups excluding carboxylic acids is 1. The van der Waals surface area contributed by atoms with Crippen LogP contribution in [0.5, 0.6) is 5.75 Å². The van der Waals surface area contributed by atoms with Crippen LogP contribution >= 0.6 is 0 Å². The zero-order valence-corrected chi connectivity index (χ0v) is 14.9. The summed E-state index contributed by atoms with van der Waals surface area (Å²) in [6, 6.07) is 7.63. The third-order valence-electron chi connectivity index (χ3n) is 3.93. The van der Waals surface area contributed by atoms with Gasteiger partial charge < -0.3 is 14.6 Å². The molecule has 0 atom stereocenters. The van der Waals surface area contributed by atoms with Crippen molar-refractivity contribution < 1.29 is 18.4 Å². The first-order valence-electron chi connectivity index (χ1n) is 8.39. The minimum Gasteiger partial charge on any atom is -0.492 e. The number of hydrogen-bond donors (Lipinski definition) is 1. The van der Waals surface area contributed by atoms with Crippen LogP contribution in [0.25, 0.3) is 11.1 Å². The molecule has 6 nitrogen and oxygen atoms in total. The van der Waals surface area contributed by atoms with Crippen LogP contribution in [-0.4, -0.2) is 29.2 Å². The molecular formula is C19H20FN3O3. The summed E-state index contributed by atoms with van der Waals surface area (Å²) in [7, 11) is 0. The van der Waals surface area contributed by atoms with Gasteiger partial charge in [-0.15, -0.1) is 0 Å². The van der Waals surface area contributed by atoms with E-state index in [2.05, 4.69) is 15.5 Å². The van der Waals surface area contributed by atoms with Gasteiger partial charge >= 0.3 is 0 Å². The van der Waals surface area contributed by atoms with Gasteiger partial charge in [0.05, 0.1) is 23.2 Å². The number of nitrogens with zero attached hydrogens (tertiary/aromatic N) is 2. The maximum atomic E-state index is 13.1. The predicted octanol–water partition coefficient (Wildman–Crippen LogP) is 3.60. The van der Waals surface area contributed by atoms with Crippen molar-refractivity contribution in [3.63, 3.8) is 0 Å². The molecular weight excluding hydrogens is 337 g/mol. The Morgan fingerprint density at radius 2 is 2.15 bits per heavy atom. The average molecular weight is 357 g/mol. The standard InChI is InChI=1S/C19H20FN3O3/c1-11(2)16-10-15(17-12(3)23-26-19(17)22-16)18(24)21-7-8-25-14-6-4-5-13(20)9-14/h4-6,9-11H,7-8H2,1-3H3,(H,21,24). The van der Waals surface area contributed by atoms with Crippen molar-refractivity contribution >= 4 is 17.0 Å². The first-order valence-corrected chi connectivity index (χ1v) is 8.39. The first-order chi connectivity index (χ1) is 12.5. The van der Waals surface area contributed by atoms with E-state index in [0.717, 1.165) is 5.69 Å². The highest BCUT2D eigenvalue weighted by Gasteiger charge is 2.19. The maximum Gasteiger partial charge on any atom is 0.259 e. The van der Waals surface area contributed by atoms with Crippen molar-refractivity contribution in [2.45, 2.75) is 26.7 Å². The van der Waals surface area contributed by atoms with E-state index in [0.29, 0.717) is 28.1 Å². The molecule has 0 spiro atoms. The first kappa shape index (κ1) is 17.8. The highest BCUT2D eigenvalue weighted by atomic mass is 19.1. The van der Waals surface area contributed by atoms with Crippen LogP contribution in [-0.2, 0) is 0 Å². The van der Waals surface area contributed by atoms with Gasteiger partial charge in [-0.25, -0.2) is 9.37 Å². The Bertz CT molecular complexity index is 937. The minimum atomic E-state index is -0.366. The van der Waals surface area contributed by atoms with Gasteiger partial charge in [-0.2, -0.15) is 0 Å². The van der Waals surface area contributed by atoms with E-state index in [-0.39, 0.29) is 30.8 Å². The van der Waals surface area contributed by atoms with Crippen LogP contribution in [0.4, 0.5) is 4.39 Å². The lowest BCUT2D eigenvalue weighted by atomic mass is 10.0. The molecule has 0 aliphatic heterocycles. The summed E-state index contributed by atoms with van der Waals surface area (Å²) < 4.78 is 23.8. The van der Waals surface area contributed by atoms with Crippen molar-refractivity contribution in [2.75, 3.05) is 13.2 Å². The van der Waals surface area contributed by atoms with Gasteiger partial charge in [0.25, 0.3) is 11.6 Å². The molecule has 2 heterocycles. The molecule has 0 aliphatic rings. The number of carbonyl (C=O) groups is 1. The second-order valence-electron chi connectivity index (χ2n) is 6.26. The molecule has 0 saturated heterocycles. The van der Waals surface area contributed by atoms with Crippen LogP contribution in [0.3, 0.4) is 0 Å². The molecule has 0 saturated carbocycles. The summed E-state index contributed by atoms with van der Waals surface area (Å²) in [5.41, 5.74) is 2.21. The van der Waals surface area contributed by atoms with Gasteiger partial charge in [0.15, 0.2) is 0 Å². The van der Waals surface area contributed by atoms with E-state index in [4.69, 9.17) is 9.26 Å². The van der Waals surface area contributed by atoms with Gasteiger partial charge in [0.1, 0.15) is 18.2 Å². The third kappa shape index (κ3) is 3.82. The number of nitrogens with one attached hydrogen (secondary N) is 1. The van der Waals surface area contributed by atoms with Gasteiger partial charge in [-0.05, 0) is 31.0 Å².